The van der Waals surface area contributed by atoms with Gasteiger partial charge in [-0.05, 0) is 45.2 Å². The van der Waals surface area contributed by atoms with Crippen molar-refractivity contribution in [2.24, 2.45) is 0 Å². The van der Waals surface area contributed by atoms with Crippen molar-refractivity contribution in [3.8, 4) is 0 Å². The fourth-order valence-electron chi connectivity index (χ4n) is 3.19. The van der Waals surface area contributed by atoms with E-state index in [1.54, 1.807) is 0 Å². The number of hydrogen-bond donors (Lipinski definition) is 1. The number of carbonyl (C=O) groups is 1. The van der Waals surface area contributed by atoms with Crippen LogP contribution in [0.25, 0.3) is 0 Å². The number of likely N-dealkylation sites (tertiary alicyclic amines) is 1. The molecule has 0 aromatic rings. The van der Waals surface area contributed by atoms with Gasteiger partial charge in [0.15, 0.2) is 0 Å². The summed E-state index contributed by atoms with van der Waals surface area (Å²) in [7, 11) is 0. The molecule has 0 spiro atoms. The first-order chi connectivity index (χ1) is 10.8. The molecular weight excluding hydrogens is 272 g/mol. The molecule has 0 unspecified atom stereocenters. The van der Waals surface area contributed by atoms with Crippen LogP contribution >= 0.6 is 0 Å². The van der Waals surface area contributed by atoms with Crippen LogP contribution in [-0.2, 0) is 4.79 Å². The van der Waals surface area contributed by atoms with E-state index < -0.39 is 0 Å². The van der Waals surface area contributed by atoms with Crippen LogP contribution < -0.4 is 5.32 Å². The Morgan fingerprint density at radius 3 is 1.95 bits per heavy atom. The average molecular weight is 311 g/mol. The van der Waals surface area contributed by atoms with Gasteiger partial charge in [-0.1, -0.05) is 51.9 Å². The summed E-state index contributed by atoms with van der Waals surface area (Å²) in [5.74, 6) is 0.397. The molecule has 22 heavy (non-hydrogen) atoms. The molecule has 0 radical (unpaired) electrons. The first-order valence-electron chi connectivity index (χ1n) is 9.83. The smallest absolute Gasteiger partial charge is 0.222 e. The summed E-state index contributed by atoms with van der Waals surface area (Å²) < 4.78 is 0. The summed E-state index contributed by atoms with van der Waals surface area (Å²) in [5, 5.41) is 3.46. The molecule has 0 aromatic heterocycles. The highest BCUT2D eigenvalue weighted by atomic mass is 16.2. The molecule has 1 fully saturated rings. The standard InChI is InChI=1S/C19H38N2O/c1-2-15-20-16-11-9-7-5-3-4-6-8-10-14-19(22)21-17-12-13-18-21/h20H,2-18H2,1H3. The highest BCUT2D eigenvalue weighted by molar-refractivity contribution is 5.76. The number of hydrogen-bond acceptors (Lipinski definition) is 2. The van der Waals surface area contributed by atoms with Crippen LogP contribution in [0.1, 0.15) is 90.4 Å². The van der Waals surface area contributed by atoms with Crippen molar-refractivity contribution >= 4 is 5.91 Å². The molecular formula is C19H38N2O. The maximum Gasteiger partial charge on any atom is 0.222 e. The summed E-state index contributed by atoms with van der Waals surface area (Å²) >= 11 is 0. The van der Waals surface area contributed by atoms with Crippen molar-refractivity contribution < 1.29 is 4.79 Å². The van der Waals surface area contributed by atoms with Crippen LogP contribution in [-0.4, -0.2) is 37.0 Å². The second-order valence-corrected chi connectivity index (χ2v) is 6.77. The molecule has 3 nitrogen and oxygen atoms in total. The minimum Gasteiger partial charge on any atom is -0.343 e. The largest absolute Gasteiger partial charge is 0.343 e. The lowest BCUT2D eigenvalue weighted by molar-refractivity contribution is -0.130. The predicted molar refractivity (Wildman–Crippen MR) is 95.1 cm³/mol. The van der Waals surface area contributed by atoms with Gasteiger partial charge in [-0.3, -0.25) is 4.79 Å². The molecule has 1 heterocycles. The van der Waals surface area contributed by atoms with Crippen molar-refractivity contribution in [1.29, 1.82) is 0 Å². The van der Waals surface area contributed by atoms with E-state index in [-0.39, 0.29) is 0 Å². The van der Waals surface area contributed by atoms with Crippen LogP contribution in [0.15, 0.2) is 0 Å². The van der Waals surface area contributed by atoms with Crippen LogP contribution in [0, 0.1) is 0 Å². The molecule has 130 valence electrons. The lowest BCUT2D eigenvalue weighted by Gasteiger charge is -2.14. The number of nitrogens with zero attached hydrogens (tertiary/aromatic N) is 1. The van der Waals surface area contributed by atoms with Crippen LogP contribution in [0.3, 0.4) is 0 Å². The summed E-state index contributed by atoms with van der Waals surface area (Å²) in [6, 6.07) is 0. The molecule has 0 atom stereocenters. The van der Waals surface area contributed by atoms with Crippen molar-refractivity contribution in [3.05, 3.63) is 0 Å². The maximum atomic E-state index is 11.9. The Balaban J connectivity index is 1.73. The third kappa shape index (κ3) is 10.2. The number of rotatable bonds is 14. The Morgan fingerprint density at radius 2 is 1.36 bits per heavy atom. The summed E-state index contributed by atoms with van der Waals surface area (Å²) in [5.41, 5.74) is 0. The van der Waals surface area contributed by atoms with Crippen LogP contribution in [0.2, 0.25) is 0 Å². The number of nitrogens with one attached hydrogen (secondary N) is 1. The molecule has 1 saturated heterocycles. The van der Waals surface area contributed by atoms with Gasteiger partial charge >= 0.3 is 0 Å². The Morgan fingerprint density at radius 1 is 0.818 bits per heavy atom. The van der Waals surface area contributed by atoms with E-state index >= 15 is 0 Å². The van der Waals surface area contributed by atoms with Gasteiger partial charge in [0.1, 0.15) is 0 Å². The Hall–Kier alpha value is -0.570. The fourth-order valence-corrected chi connectivity index (χ4v) is 3.19. The SMILES string of the molecule is CCCNCCCCCCCCCCCC(=O)N1CCCC1. The predicted octanol–water partition coefficient (Wildman–Crippen LogP) is 4.51. The van der Waals surface area contributed by atoms with Crippen molar-refractivity contribution in [3.63, 3.8) is 0 Å². The average Bonchev–Trinajstić information content (AvgIpc) is 3.06. The second kappa shape index (κ2) is 14.0. The van der Waals surface area contributed by atoms with E-state index in [1.807, 2.05) is 0 Å². The highest BCUT2D eigenvalue weighted by Crippen LogP contribution is 2.13. The van der Waals surface area contributed by atoms with E-state index in [9.17, 15) is 4.79 Å². The first kappa shape index (κ1) is 19.5. The summed E-state index contributed by atoms with van der Waals surface area (Å²) in [4.78, 5) is 13.9. The highest BCUT2D eigenvalue weighted by Gasteiger charge is 2.16. The monoisotopic (exact) mass is 310 g/mol. The molecule has 0 bridgehead atoms. The van der Waals surface area contributed by atoms with Gasteiger partial charge in [-0.25, -0.2) is 0 Å². The third-order valence-electron chi connectivity index (χ3n) is 4.63. The lowest BCUT2D eigenvalue weighted by Crippen LogP contribution is -2.27. The topological polar surface area (TPSA) is 32.3 Å². The van der Waals surface area contributed by atoms with Crippen LogP contribution in [0.5, 0.6) is 0 Å². The Bertz CT molecular complexity index is 262. The molecule has 1 N–H and O–H groups in total. The van der Waals surface area contributed by atoms with Gasteiger partial charge < -0.3 is 10.2 Å². The normalized spacial score (nSPS) is 14.7. The van der Waals surface area contributed by atoms with Crippen LogP contribution in [0.4, 0.5) is 0 Å². The number of amides is 1. The lowest BCUT2D eigenvalue weighted by atomic mass is 10.1. The van der Waals surface area contributed by atoms with Crippen molar-refractivity contribution in [2.75, 3.05) is 26.2 Å². The third-order valence-corrected chi connectivity index (χ3v) is 4.63. The molecule has 0 aromatic carbocycles. The van der Waals surface area contributed by atoms with Gasteiger partial charge in [0.2, 0.25) is 5.91 Å². The molecule has 1 amide bonds. The maximum absolute atomic E-state index is 11.9. The first-order valence-corrected chi connectivity index (χ1v) is 9.83. The van der Waals surface area contributed by atoms with Gasteiger partial charge in [0.05, 0.1) is 0 Å². The molecule has 1 rings (SSSR count). The molecule has 0 saturated carbocycles. The van der Waals surface area contributed by atoms with Gasteiger partial charge in [-0.2, -0.15) is 0 Å². The zero-order valence-corrected chi connectivity index (χ0v) is 14.9. The number of unbranched alkanes of at least 4 members (excludes halogenated alkanes) is 8. The van der Waals surface area contributed by atoms with Gasteiger partial charge in [0, 0.05) is 19.5 Å². The molecule has 0 aliphatic carbocycles. The fraction of sp³-hybridized carbons (Fsp3) is 0.947. The van der Waals surface area contributed by atoms with E-state index in [2.05, 4.69) is 17.1 Å². The van der Waals surface area contributed by atoms with E-state index in [4.69, 9.17) is 0 Å². The number of carbonyl (C=O) groups excluding carboxylic acids is 1. The summed E-state index contributed by atoms with van der Waals surface area (Å²) in [6.07, 6.45) is 16.3. The second-order valence-electron chi connectivity index (χ2n) is 6.77. The Kier molecular flexibility index (Phi) is 12.4. The van der Waals surface area contributed by atoms with Gasteiger partial charge in [0.25, 0.3) is 0 Å². The molecule has 1 aliphatic heterocycles. The van der Waals surface area contributed by atoms with E-state index in [0.717, 1.165) is 25.9 Å². The van der Waals surface area contributed by atoms with Crippen molar-refractivity contribution in [2.45, 2.75) is 90.4 Å². The van der Waals surface area contributed by atoms with E-state index in [1.165, 1.54) is 83.7 Å². The minimum absolute atomic E-state index is 0.397. The van der Waals surface area contributed by atoms with Gasteiger partial charge in [-0.15, -0.1) is 0 Å². The van der Waals surface area contributed by atoms with Crippen molar-refractivity contribution in [1.82, 2.24) is 10.2 Å². The quantitative estimate of drug-likeness (QED) is 0.479. The zero-order valence-electron chi connectivity index (χ0n) is 14.9. The zero-order chi connectivity index (χ0) is 15.9. The minimum atomic E-state index is 0.397. The molecule has 3 heteroatoms. The van der Waals surface area contributed by atoms with E-state index in [0.29, 0.717) is 5.91 Å². The Labute approximate surface area is 138 Å². The summed E-state index contributed by atoms with van der Waals surface area (Å²) in [6.45, 7) is 6.59. The molecule has 1 aliphatic rings.